The van der Waals surface area contributed by atoms with Crippen molar-refractivity contribution in [3.63, 3.8) is 0 Å². The zero-order valence-corrected chi connectivity index (χ0v) is 12.4. The fourth-order valence-corrected chi connectivity index (χ4v) is 2.76. The fourth-order valence-electron chi connectivity index (χ4n) is 2.76. The molecule has 0 heterocycles. The second-order valence-corrected chi connectivity index (χ2v) is 6.05. The Labute approximate surface area is 104 Å². The molecule has 0 saturated carbocycles. The smallest absolute Gasteiger partial charge is 0.0329 e. The minimum absolute atomic E-state index is 0.628. The standard InChI is InChI=1S/C16H34/c1-6-11-15(4)12-9-10-14-16(5,8-3)13-7-2/h15H,6-14H2,1-5H3. The first-order chi connectivity index (χ1) is 7.58. The Bertz CT molecular complexity index is 150. The molecule has 0 aliphatic carbocycles. The lowest BCUT2D eigenvalue weighted by atomic mass is 9.78. The highest BCUT2D eigenvalue weighted by atomic mass is 14.3. The van der Waals surface area contributed by atoms with Gasteiger partial charge in [-0.2, -0.15) is 0 Å². The maximum absolute atomic E-state index is 2.48. The molecule has 0 aromatic rings. The number of rotatable bonds is 10. The zero-order valence-electron chi connectivity index (χ0n) is 12.4. The molecule has 98 valence electrons. The molecule has 16 heavy (non-hydrogen) atoms. The highest BCUT2D eigenvalue weighted by Gasteiger charge is 2.19. The summed E-state index contributed by atoms with van der Waals surface area (Å²) in [4.78, 5) is 0. The van der Waals surface area contributed by atoms with Crippen LogP contribution in [0.15, 0.2) is 0 Å². The lowest BCUT2D eigenvalue weighted by Gasteiger charge is -2.28. The molecule has 0 aliphatic rings. The minimum Gasteiger partial charge on any atom is -0.0654 e. The van der Waals surface area contributed by atoms with Crippen LogP contribution in [0.4, 0.5) is 0 Å². The van der Waals surface area contributed by atoms with Gasteiger partial charge >= 0.3 is 0 Å². The van der Waals surface area contributed by atoms with E-state index in [1.807, 2.05) is 0 Å². The Balaban J connectivity index is 3.62. The van der Waals surface area contributed by atoms with Crippen LogP contribution in [0.2, 0.25) is 0 Å². The van der Waals surface area contributed by atoms with E-state index in [4.69, 9.17) is 0 Å². The van der Waals surface area contributed by atoms with Crippen LogP contribution in [0.3, 0.4) is 0 Å². The third-order valence-corrected chi connectivity index (χ3v) is 4.22. The van der Waals surface area contributed by atoms with Crippen molar-refractivity contribution in [2.45, 2.75) is 92.4 Å². The first-order valence-electron chi connectivity index (χ1n) is 7.58. The van der Waals surface area contributed by atoms with E-state index in [-0.39, 0.29) is 0 Å². The van der Waals surface area contributed by atoms with Gasteiger partial charge in [-0.15, -0.1) is 0 Å². The maximum atomic E-state index is 2.48. The summed E-state index contributed by atoms with van der Waals surface area (Å²) >= 11 is 0. The normalized spacial score (nSPS) is 17.1. The van der Waals surface area contributed by atoms with Gasteiger partial charge in [0.05, 0.1) is 0 Å². The molecule has 0 N–H and O–H groups in total. The lowest BCUT2D eigenvalue weighted by Crippen LogP contribution is -2.14. The molecule has 0 saturated heterocycles. The van der Waals surface area contributed by atoms with Crippen molar-refractivity contribution in [1.82, 2.24) is 0 Å². The second-order valence-electron chi connectivity index (χ2n) is 6.05. The average Bonchev–Trinajstić information content (AvgIpc) is 2.25. The molecule has 0 aliphatic heterocycles. The summed E-state index contributed by atoms with van der Waals surface area (Å²) in [5.41, 5.74) is 0.628. The van der Waals surface area contributed by atoms with Crippen molar-refractivity contribution in [1.29, 1.82) is 0 Å². The quantitative estimate of drug-likeness (QED) is 0.389. The third-order valence-electron chi connectivity index (χ3n) is 4.22. The first-order valence-corrected chi connectivity index (χ1v) is 7.58. The van der Waals surface area contributed by atoms with E-state index in [1.165, 1.54) is 57.8 Å². The van der Waals surface area contributed by atoms with Crippen LogP contribution in [0, 0.1) is 11.3 Å². The Kier molecular flexibility index (Phi) is 9.07. The Hall–Kier alpha value is 0. The van der Waals surface area contributed by atoms with E-state index >= 15 is 0 Å². The van der Waals surface area contributed by atoms with Crippen molar-refractivity contribution in [2.75, 3.05) is 0 Å². The van der Waals surface area contributed by atoms with Crippen LogP contribution in [-0.2, 0) is 0 Å². The summed E-state index contributed by atoms with van der Waals surface area (Å²) in [6.07, 6.45) is 12.6. The molecule has 0 aromatic heterocycles. The predicted octanol–water partition coefficient (Wildman–Crippen LogP) is 6.20. The highest BCUT2D eigenvalue weighted by Crippen LogP contribution is 2.33. The molecule has 2 atom stereocenters. The van der Waals surface area contributed by atoms with Gasteiger partial charge in [-0.1, -0.05) is 79.6 Å². The van der Waals surface area contributed by atoms with Crippen LogP contribution in [0.5, 0.6) is 0 Å². The number of hydrogen-bond acceptors (Lipinski definition) is 0. The van der Waals surface area contributed by atoms with Gasteiger partial charge in [0, 0.05) is 0 Å². The van der Waals surface area contributed by atoms with E-state index in [0.29, 0.717) is 5.41 Å². The molecular weight excluding hydrogens is 192 g/mol. The van der Waals surface area contributed by atoms with Gasteiger partial charge in [0.2, 0.25) is 0 Å². The van der Waals surface area contributed by atoms with E-state index in [2.05, 4.69) is 34.6 Å². The molecule has 0 amide bonds. The van der Waals surface area contributed by atoms with Gasteiger partial charge in [0.25, 0.3) is 0 Å². The molecule has 0 nitrogen and oxygen atoms in total. The maximum Gasteiger partial charge on any atom is -0.0329 e. The van der Waals surface area contributed by atoms with Crippen molar-refractivity contribution < 1.29 is 0 Å². The summed E-state index contributed by atoms with van der Waals surface area (Å²) < 4.78 is 0. The van der Waals surface area contributed by atoms with Gasteiger partial charge in [-0.25, -0.2) is 0 Å². The fraction of sp³-hybridized carbons (Fsp3) is 1.00. The average molecular weight is 226 g/mol. The highest BCUT2D eigenvalue weighted by molar-refractivity contribution is 4.72. The van der Waals surface area contributed by atoms with Crippen LogP contribution in [0.1, 0.15) is 92.4 Å². The summed E-state index contributed by atoms with van der Waals surface area (Å²) in [5, 5.41) is 0. The van der Waals surface area contributed by atoms with Gasteiger partial charge < -0.3 is 0 Å². The van der Waals surface area contributed by atoms with E-state index in [9.17, 15) is 0 Å². The van der Waals surface area contributed by atoms with Gasteiger partial charge in [0.1, 0.15) is 0 Å². The number of hydrogen-bond donors (Lipinski definition) is 0. The van der Waals surface area contributed by atoms with Gasteiger partial charge in [-0.3, -0.25) is 0 Å². The summed E-state index contributed by atoms with van der Waals surface area (Å²) in [7, 11) is 0. The summed E-state index contributed by atoms with van der Waals surface area (Å²) in [6, 6.07) is 0. The van der Waals surface area contributed by atoms with E-state index in [1.54, 1.807) is 0 Å². The largest absolute Gasteiger partial charge is 0.0654 e. The summed E-state index contributed by atoms with van der Waals surface area (Å²) in [5.74, 6) is 0.948. The Morgan fingerprint density at radius 1 is 0.875 bits per heavy atom. The SMILES string of the molecule is CCCC(C)CCCCC(C)(CC)CCC. The van der Waals surface area contributed by atoms with Gasteiger partial charge in [-0.05, 0) is 24.2 Å². The van der Waals surface area contributed by atoms with Gasteiger partial charge in [0.15, 0.2) is 0 Å². The molecule has 0 bridgehead atoms. The van der Waals surface area contributed by atoms with E-state index < -0.39 is 0 Å². The molecule has 0 spiro atoms. The second kappa shape index (κ2) is 9.07. The molecule has 0 aromatic carbocycles. The topological polar surface area (TPSA) is 0 Å². The lowest BCUT2D eigenvalue weighted by molar-refractivity contribution is 0.245. The van der Waals surface area contributed by atoms with Crippen molar-refractivity contribution >= 4 is 0 Å². The third kappa shape index (κ3) is 7.30. The minimum atomic E-state index is 0.628. The molecule has 0 fully saturated rings. The van der Waals surface area contributed by atoms with Crippen LogP contribution in [-0.4, -0.2) is 0 Å². The Morgan fingerprint density at radius 2 is 1.56 bits per heavy atom. The van der Waals surface area contributed by atoms with Crippen molar-refractivity contribution in [3.8, 4) is 0 Å². The van der Waals surface area contributed by atoms with Crippen molar-refractivity contribution in [2.24, 2.45) is 11.3 Å². The molecular formula is C16H34. The molecule has 0 rings (SSSR count). The van der Waals surface area contributed by atoms with Crippen molar-refractivity contribution in [3.05, 3.63) is 0 Å². The molecule has 0 radical (unpaired) electrons. The summed E-state index contributed by atoms with van der Waals surface area (Å²) in [6.45, 7) is 11.9. The Morgan fingerprint density at radius 3 is 2.06 bits per heavy atom. The monoisotopic (exact) mass is 226 g/mol. The number of unbranched alkanes of at least 4 members (excludes halogenated alkanes) is 1. The molecule has 2 unspecified atom stereocenters. The van der Waals surface area contributed by atoms with Crippen LogP contribution in [0.25, 0.3) is 0 Å². The predicted molar refractivity (Wildman–Crippen MR) is 75.8 cm³/mol. The van der Waals surface area contributed by atoms with E-state index in [0.717, 1.165) is 5.92 Å². The zero-order chi connectivity index (χ0) is 12.4. The van der Waals surface area contributed by atoms with Crippen LogP contribution < -0.4 is 0 Å². The molecule has 0 heteroatoms. The van der Waals surface area contributed by atoms with Crippen LogP contribution >= 0.6 is 0 Å². The first kappa shape index (κ1) is 16.0.